The fourth-order valence-electron chi connectivity index (χ4n) is 2.88. The lowest BCUT2D eigenvalue weighted by atomic mass is 10.0. The summed E-state index contributed by atoms with van der Waals surface area (Å²) in [7, 11) is 0. The van der Waals surface area contributed by atoms with Gasteiger partial charge in [0.15, 0.2) is 5.82 Å². The fourth-order valence-corrected chi connectivity index (χ4v) is 3.00. The highest BCUT2D eigenvalue weighted by Crippen LogP contribution is 2.34. The molecule has 1 aromatic heterocycles. The molecule has 1 aliphatic rings. The number of anilines is 2. The van der Waals surface area contributed by atoms with Crippen LogP contribution in [0.5, 0.6) is 11.6 Å². The molecule has 6 heteroatoms. The molecular weight excluding hydrogens is 312 g/mol. The molecule has 0 bridgehead atoms. The average molecular weight is 333 g/mol. The van der Waals surface area contributed by atoms with Gasteiger partial charge in [-0.05, 0) is 49.4 Å². The van der Waals surface area contributed by atoms with E-state index in [9.17, 15) is 0 Å². The average Bonchev–Trinajstić information content (AvgIpc) is 2.53. The Labute approximate surface area is 141 Å². The molecule has 122 valence electrons. The SMILES string of the molecule is Cc1cc(Oc2ncnc(N3CCCC(C)C3)c2N)ccc1Cl. The summed E-state index contributed by atoms with van der Waals surface area (Å²) in [6.45, 7) is 6.10. The van der Waals surface area contributed by atoms with Crippen molar-refractivity contribution in [3.63, 3.8) is 0 Å². The van der Waals surface area contributed by atoms with E-state index in [4.69, 9.17) is 22.1 Å². The van der Waals surface area contributed by atoms with Crippen molar-refractivity contribution in [1.29, 1.82) is 0 Å². The van der Waals surface area contributed by atoms with Gasteiger partial charge in [-0.15, -0.1) is 0 Å². The molecule has 2 heterocycles. The van der Waals surface area contributed by atoms with Gasteiger partial charge in [0.25, 0.3) is 0 Å². The number of nitrogen functional groups attached to an aromatic ring is 1. The van der Waals surface area contributed by atoms with Crippen molar-refractivity contribution in [2.45, 2.75) is 26.7 Å². The van der Waals surface area contributed by atoms with Crippen LogP contribution in [-0.4, -0.2) is 23.1 Å². The highest BCUT2D eigenvalue weighted by molar-refractivity contribution is 6.31. The summed E-state index contributed by atoms with van der Waals surface area (Å²) < 4.78 is 5.84. The standard InChI is InChI=1S/C17H21ClN4O/c1-11-4-3-7-22(9-11)16-15(19)17(21-10-20-16)23-13-5-6-14(18)12(2)8-13/h5-6,8,10-11H,3-4,7,9,19H2,1-2H3. The molecule has 5 nitrogen and oxygen atoms in total. The third-order valence-electron chi connectivity index (χ3n) is 4.13. The van der Waals surface area contributed by atoms with Gasteiger partial charge in [0.2, 0.25) is 5.88 Å². The first-order valence-electron chi connectivity index (χ1n) is 7.84. The van der Waals surface area contributed by atoms with E-state index in [1.807, 2.05) is 13.0 Å². The van der Waals surface area contributed by atoms with Crippen LogP contribution < -0.4 is 15.4 Å². The lowest BCUT2D eigenvalue weighted by Gasteiger charge is -2.32. The largest absolute Gasteiger partial charge is 0.437 e. The number of ether oxygens (including phenoxy) is 1. The molecule has 2 N–H and O–H groups in total. The monoisotopic (exact) mass is 332 g/mol. The van der Waals surface area contributed by atoms with Crippen molar-refractivity contribution in [1.82, 2.24) is 9.97 Å². The van der Waals surface area contributed by atoms with Crippen LogP contribution >= 0.6 is 11.6 Å². The molecule has 0 saturated carbocycles. The Hall–Kier alpha value is -2.01. The maximum Gasteiger partial charge on any atom is 0.248 e. The number of aryl methyl sites for hydroxylation is 1. The highest BCUT2D eigenvalue weighted by atomic mass is 35.5. The predicted octanol–water partition coefficient (Wildman–Crippen LogP) is 4.05. The summed E-state index contributed by atoms with van der Waals surface area (Å²) in [5.41, 5.74) is 7.68. The summed E-state index contributed by atoms with van der Waals surface area (Å²) in [5, 5.41) is 0.705. The Bertz CT molecular complexity index is 707. The van der Waals surface area contributed by atoms with Gasteiger partial charge >= 0.3 is 0 Å². The van der Waals surface area contributed by atoms with Crippen molar-refractivity contribution in [3.8, 4) is 11.6 Å². The molecule has 0 aliphatic carbocycles. The second-order valence-electron chi connectivity index (χ2n) is 6.12. The van der Waals surface area contributed by atoms with Crippen molar-refractivity contribution < 1.29 is 4.74 Å². The zero-order valence-electron chi connectivity index (χ0n) is 13.4. The molecule has 1 atom stereocenters. The number of piperidine rings is 1. The van der Waals surface area contributed by atoms with Crippen molar-refractivity contribution in [3.05, 3.63) is 35.1 Å². The van der Waals surface area contributed by atoms with Crippen LogP contribution in [0.3, 0.4) is 0 Å². The first kappa shape index (κ1) is 15.9. The Kier molecular flexibility index (Phi) is 4.57. The molecule has 1 unspecified atom stereocenters. The minimum atomic E-state index is 0.384. The van der Waals surface area contributed by atoms with Crippen LogP contribution in [0, 0.1) is 12.8 Å². The van der Waals surface area contributed by atoms with Gasteiger partial charge in [-0.25, -0.2) is 4.98 Å². The predicted molar refractivity (Wildman–Crippen MR) is 93.3 cm³/mol. The summed E-state index contributed by atoms with van der Waals surface area (Å²) in [4.78, 5) is 10.8. The Morgan fingerprint density at radius 3 is 2.91 bits per heavy atom. The number of halogens is 1. The molecule has 3 rings (SSSR count). The molecule has 1 aromatic carbocycles. The van der Waals surface area contributed by atoms with E-state index in [1.165, 1.54) is 12.7 Å². The number of nitrogens with zero attached hydrogens (tertiary/aromatic N) is 3. The van der Waals surface area contributed by atoms with Gasteiger partial charge < -0.3 is 15.4 Å². The lowest BCUT2D eigenvalue weighted by molar-refractivity contribution is 0.441. The highest BCUT2D eigenvalue weighted by Gasteiger charge is 2.21. The fraction of sp³-hybridized carbons (Fsp3) is 0.412. The van der Waals surface area contributed by atoms with Crippen LogP contribution in [0.2, 0.25) is 5.02 Å². The lowest BCUT2D eigenvalue weighted by Crippen LogP contribution is -2.35. The number of rotatable bonds is 3. The number of nitrogens with two attached hydrogens (primary N) is 1. The smallest absolute Gasteiger partial charge is 0.248 e. The summed E-state index contributed by atoms with van der Waals surface area (Å²) in [5.74, 6) is 2.44. The van der Waals surface area contributed by atoms with Crippen LogP contribution in [-0.2, 0) is 0 Å². The minimum Gasteiger partial charge on any atom is -0.437 e. The Balaban J connectivity index is 1.85. The molecular formula is C17H21ClN4O. The number of benzene rings is 1. The zero-order valence-corrected chi connectivity index (χ0v) is 14.2. The quantitative estimate of drug-likeness (QED) is 0.918. The van der Waals surface area contributed by atoms with Crippen molar-refractivity contribution >= 4 is 23.1 Å². The van der Waals surface area contributed by atoms with Crippen LogP contribution in [0.4, 0.5) is 11.5 Å². The van der Waals surface area contributed by atoms with E-state index in [1.54, 1.807) is 12.1 Å². The molecule has 1 fully saturated rings. The molecule has 0 radical (unpaired) electrons. The maximum atomic E-state index is 6.26. The third kappa shape index (κ3) is 3.50. The molecule has 0 amide bonds. The van der Waals surface area contributed by atoms with E-state index < -0.39 is 0 Å². The summed E-state index contributed by atoms with van der Waals surface area (Å²) >= 11 is 6.04. The first-order valence-corrected chi connectivity index (χ1v) is 8.22. The topological polar surface area (TPSA) is 64.3 Å². The molecule has 1 saturated heterocycles. The van der Waals surface area contributed by atoms with Crippen LogP contribution in [0.1, 0.15) is 25.3 Å². The van der Waals surface area contributed by atoms with E-state index in [0.717, 1.165) is 30.9 Å². The van der Waals surface area contributed by atoms with Crippen LogP contribution in [0.15, 0.2) is 24.5 Å². The second-order valence-corrected chi connectivity index (χ2v) is 6.53. The van der Waals surface area contributed by atoms with Gasteiger partial charge in [0.05, 0.1) is 0 Å². The molecule has 23 heavy (non-hydrogen) atoms. The minimum absolute atomic E-state index is 0.384. The van der Waals surface area contributed by atoms with Gasteiger partial charge in [0.1, 0.15) is 17.8 Å². The zero-order chi connectivity index (χ0) is 16.4. The number of aromatic nitrogens is 2. The van der Waals surface area contributed by atoms with Crippen molar-refractivity contribution in [2.24, 2.45) is 5.92 Å². The van der Waals surface area contributed by atoms with Gasteiger partial charge in [0, 0.05) is 18.1 Å². The third-order valence-corrected chi connectivity index (χ3v) is 4.55. The van der Waals surface area contributed by atoms with E-state index >= 15 is 0 Å². The van der Waals surface area contributed by atoms with E-state index in [-0.39, 0.29) is 0 Å². The summed E-state index contributed by atoms with van der Waals surface area (Å²) in [6.07, 6.45) is 3.90. The van der Waals surface area contributed by atoms with E-state index in [0.29, 0.717) is 28.3 Å². The van der Waals surface area contributed by atoms with Gasteiger partial charge in [-0.3, -0.25) is 0 Å². The second kappa shape index (κ2) is 6.62. The van der Waals surface area contributed by atoms with Gasteiger partial charge in [-0.1, -0.05) is 18.5 Å². The maximum absolute atomic E-state index is 6.26. The Morgan fingerprint density at radius 2 is 2.17 bits per heavy atom. The molecule has 2 aromatic rings. The molecule has 1 aliphatic heterocycles. The molecule has 0 spiro atoms. The van der Waals surface area contributed by atoms with E-state index in [2.05, 4.69) is 21.8 Å². The summed E-state index contributed by atoms with van der Waals surface area (Å²) in [6, 6.07) is 5.48. The number of hydrogen-bond donors (Lipinski definition) is 1. The number of hydrogen-bond acceptors (Lipinski definition) is 5. The normalized spacial score (nSPS) is 18.0. The Morgan fingerprint density at radius 1 is 1.35 bits per heavy atom. The van der Waals surface area contributed by atoms with Crippen molar-refractivity contribution in [2.75, 3.05) is 23.7 Å². The first-order chi connectivity index (χ1) is 11.0. The van der Waals surface area contributed by atoms with Crippen LogP contribution in [0.25, 0.3) is 0 Å². The van der Waals surface area contributed by atoms with Gasteiger partial charge in [-0.2, -0.15) is 4.98 Å².